The van der Waals surface area contributed by atoms with Crippen molar-refractivity contribution in [2.75, 3.05) is 18.2 Å². The zero-order valence-corrected chi connectivity index (χ0v) is 19.3. The lowest BCUT2D eigenvalue weighted by Gasteiger charge is -2.11. The van der Waals surface area contributed by atoms with Crippen molar-refractivity contribution in [1.29, 1.82) is 0 Å². The molecule has 1 N–H and O–H groups in total. The Morgan fingerprint density at radius 2 is 1.90 bits per heavy atom. The minimum Gasteiger partial charge on any atom is -0.495 e. The van der Waals surface area contributed by atoms with Crippen molar-refractivity contribution in [2.24, 2.45) is 7.05 Å². The predicted octanol–water partition coefficient (Wildman–Crippen LogP) is 4.57. The van der Waals surface area contributed by atoms with Gasteiger partial charge >= 0.3 is 0 Å². The van der Waals surface area contributed by atoms with E-state index in [4.69, 9.17) is 9.47 Å². The first kappa shape index (κ1) is 22.7. The van der Waals surface area contributed by atoms with E-state index >= 15 is 0 Å². The van der Waals surface area contributed by atoms with Crippen molar-refractivity contribution in [3.8, 4) is 11.5 Å². The van der Waals surface area contributed by atoms with Gasteiger partial charge in [-0.3, -0.25) is 4.79 Å². The second kappa shape index (κ2) is 10.3. The van der Waals surface area contributed by atoms with E-state index in [0.717, 1.165) is 11.3 Å². The Balaban J connectivity index is 1.54. The van der Waals surface area contributed by atoms with E-state index in [9.17, 15) is 4.79 Å². The molecule has 1 amide bonds. The van der Waals surface area contributed by atoms with E-state index in [2.05, 4.69) is 41.5 Å². The number of carbonyl (C=O) groups excluding carboxylic acids is 1. The number of hydrogen-bond acceptors (Lipinski definition) is 6. The van der Waals surface area contributed by atoms with Crippen LogP contribution in [-0.4, -0.2) is 33.5 Å². The number of benzene rings is 2. The van der Waals surface area contributed by atoms with Gasteiger partial charge in [-0.15, -0.1) is 10.2 Å². The van der Waals surface area contributed by atoms with Crippen LogP contribution in [0.25, 0.3) is 0 Å². The zero-order valence-electron chi connectivity index (χ0n) is 18.5. The van der Waals surface area contributed by atoms with Crippen molar-refractivity contribution in [3.63, 3.8) is 0 Å². The minimum atomic E-state index is -0.139. The second-order valence-electron chi connectivity index (χ2n) is 7.51. The molecule has 0 aliphatic rings. The molecule has 2 aromatic carbocycles. The minimum absolute atomic E-state index is 0.139. The number of amides is 1. The van der Waals surface area contributed by atoms with Crippen LogP contribution in [0.5, 0.6) is 11.5 Å². The molecule has 8 heteroatoms. The van der Waals surface area contributed by atoms with E-state index in [1.54, 1.807) is 7.11 Å². The summed E-state index contributed by atoms with van der Waals surface area (Å²) in [5.74, 6) is 2.66. The van der Waals surface area contributed by atoms with Crippen LogP contribution in [-0.2, 0) is 18.4 Å². The van der Waals surface area contributed by atoms with Crippen molar-refractivity contribution in [1.82, 2.24) is 14.8 Å². The molecule has 0 saturated carbocycles. The van der Waals surface area contributed by atoms with Crippen LogP contribution in [0.3, 0.4) is 0 Å². The van der Waals surface area contributed by atoms with Gasteiger partial charge in [-0.2, -0.15) is 0 Å². The predicted molar refractivity (Wildman–Crippen MR) is 123 cm³/mol. The number of carbonyl (C=O) groups is 1. The molecule has 0 unspecified atom stereocenters. The van der Waals surface area contributed by atoms with Crippen LogP contribution in [0.2, 0.25) is 0 Å². The van der Waals surface area contributed by atoms with E-state index < -0.39 is 0 Å². The summed E-state index contributed by atoms with van der Waals surface area (Å²) in [6.45, 7) is 6.59. The van der Waals surface area contributed by atoms with E-state index in [1.165, 1.54) is 17.3 Å². The third kappa shape index (κ3) is 6.01. The number of aryl methyl sites for hydroxylation is 1. The van der Waals surface area contributed by atoms with Crippen LogP contribution < -0.4 is 14.8 Å². The largest absolute Gasteiger partial charge is 0.495 e. The first-order chi connectivity index (χ1) is 14.9. The lowest BCUT2D eigenvalue weighted by atomic mass is 10.0. The average Bonchev–Trinajstić information content (AvgIpc) is 3.10. The molecule has 31 heavy (non-hydrogen) atoms. The highest BCUT2D eigenvalue weighted by molar-refractivity contribution is 7.99. The standard InChI is InChI=1S/C23H28N4O3S/c1-15(2)17-7-9-18(10-8-17)30-13-21-25-26-23(27(21)4)31-14-22(28)24-19-12-16(3)6-11-20(19)29-5/h6-12,15H,13-14H2,1-5H3,(H,24,28). The van der Waals surface area contributed by atoms with Gasteiger partial charge in [-0.05, 0) is 48.2 Å². The number of anilines is 1. The lowest BCUT2D eigenvalue weighted by molar-refractivity contribution is -0.113. The fraction of sp³-hybridized carbons (Fsp3) is 0.348. The fourth-order valence-corrected chi connectivity index (χ4v) is 3.66. The molecule has 0 fully saturated rings. The first-order valence-corrected chi connectivity index (χ1v) is 11.0. The quantitative estimate of drug-likeness (QED) is 0.491. The molecule has 3 aromatic rings. The Morgan fingerprint density at radius 3 is 2.58 bits per heavy atom. The summed E-state index contributed by atoms with van der Waals surface area (Å²) in [6, 6.07) is 13.7. The average molecular weight is 441 g/mol. The first-order valence-electron chi connectivity index (χ1n) is 10.1. The summed E-state index contributed by atoms with van der Waals surface area (Å²) in [4.78, 5) is 12.4. The van der Waals surface area contributed by atoms with Gasteiger partial charge in [-0.25, -0.2) is 0 Å². The summed E-state index contributed by atoms with van der Waals surface area (Å²) >= 11 is 1.32. The van der Waals surface area contributed by atoms with Crippen LogP contribution in [0.4, 0.5) is 5.69 Å². The third-order valence-corrected chi connectivity index (χ3v) is 5.82. The normalized spacial score (nSPS) is 10.9. The molecule has 0 bridgehead atoms. The van der Waals surface area contributed by atoms with Gasteiger partial charge in [0.05, 0.1) is 18.6 Å². The monoisotopic (exact) mass is 440 g/mol. The number of thioether (sulfide) groups is 1. The van der Waals surface area contributed by atoms with Gasteiger partial charge in [-0.1, -0.05) is 43.8 Å². The molecule has 1 heterocycles. The summed E-state index contributed by atoms with van der Waals surface area (Å²) < 4.78 is 13.0. The highest BCUT2D eigenvalue weighted by Crippen LogP contribution is 2.26. The number of nitrogens with zero attached hydrogens (tertiary/aromatic N) is 3. The lowest BCUT2D eigenvalue weighted by Crippen LogP contribution is -2.15. The summed E-state index contributed by atoms with van der Waals surface area (Å²) in [5.41, 5.74) is 2.97. The number of hydrogen-bond donors (Lipinski definition) is 1. The third-order valence-electron chi connectivity index (χ3n) is 4.80. The molecule has 0 radical (unpaired) electrons. The van der Waals surface area contributed by atoms with Crippen LogP contribution >= 0.6 is 11.8 Å². The molecule has 1 aromatic heterocycles. The Hall–Kier alpha value is -3.00. The number of methoxy groups -OCH3 is 1. The molecule has 0 aliphatic heterocycles. The highest BCUT2D eigenvalue weighted by Gasteiger charge is 2.13. The molecule has 0 spiro atoms. The smallest absolute Gasteiger partial charge is 0.234 e. The number of ether oxygens (including phenoxy) is 2. The Labute approximate surface area is 187 Å². The molecule has 0 aliphatic carbocycles. The SMILES string of the molecule is COc1ccc(C)cc1NC(=O)CSc1nnc(COc2ccc(C(C)C)cc2)n1C. The summed E-state index contributed by atoms with van der Waals surface area (Å²) in [5, 5.41) is 11.9. The maximum absolute atomic E-state index is 12.4. The zero-order chi connectivity index (χ0) is 22.4. The maximum atomic E-state index is 12.4. The van der Waals surface area contributed by atoms with E-state index in [1.807, 2.05) is 48.9 Å². The molecular formula is C23H28N4O3S. The van der Waals surface area contributed by atoms with Gasteiger partial charge in [0.25, 0.3) is 0 Å². The van der Waals surface area contributed by atoms with Gasteiger partial charge in [0.2, 0.25) is 5.91 Å². The molecule has 7 nitrogen and oxygen atoms in total. The van der Waals surface area contributed by atoms with Crippen LogP contribution in [0, 0.1) is 6.92 Å². The van der Waals surface area contributed by atoms with Gasteiger partial charge in [0.1, 0.15) is 18.1 Å². The second-order valence-corrected chi connectivity index (χ2v) is 8.45. The van der Waals surface area contributed by atoms with Gasteiger partial charge < -0.3 is 19.4 Å². The summed E-state index contributed by atoms with van der Waals surface area (Å²) in [7, 11) is 3.45. The van der Waals surface area contributed by atoms with Gasteiger partial charge in [0, 0.05) is 7.05 Å². The molecule has 164 valence electrons. The van der Waals surface area contributed by atoms with Crippen LogP contribution in [0.1, 0.15) is 36.7 Å². The van der Waals surface area contributed by atoms with E-state index in [-0.39, 0.29) is 11.7 Å². The molecule has 3 rings (SSSR count). The van der Waals surface area contributed by atoms with Crippen molar-refractivity contribution >= 4 is 23.4 Å². The topological polar surface area (TPSA) is 78.3 Å². The van der Waals surface area contributed by atoms with Crippen molar-refractivity contribution in [2.45, 2.75) is 38.5 Å². The maximum Gasteiger partial charge on any atom is 0.234 e. The van der Waals surface area contributed by atoms with Crippen LogP contribution in [0.15, 0.2) is 47.6 Å². The Kier molecular flexibility index (Phi) is 7.57. The number of aromatic nitrogens is 3. The molecule has 0 saturated heterocycles. The highest BCUT2D eigenvalue weighted by atomic mass is 32.2. The molecule has 0 atom stereocenters. The number of rotatable bonds is 9. The Morgan fingerprint density at radius 1 is 1.16 bits per heavy atom. The van der Waals surface area contributed by atoms with Gasteiger partial charge in [0.15, 0.2) is 11.0 Å². The van der Waals surface area contributed by atoms with Crippen molar-refractivity contribution < 1.29 is 14.3 Å². The fourth-order valence-electron chi connectivity index (χ4n) is 2.93. The Bertz CT molecular complexity index is 1030. The van der Waals surface area contributed by atoms with E-state index in [0.29, 0.717) is 34.9 Å². The van der Waals surface area contributed by atoms with Crippen molar-refractivity contribution in [3.05, 3.63) is 59.4 Å². The number of nitrogens with one attached hydrogen (secondary N) is 1. The molecular weight excluding hydrogens is 412 g/mol. The summed E-state index contributed by atoms with van der Waals surface area (Å²) in [6.07, 6.45) is 0.